The summed E-state index contributed by atoms with van der Waals surface area (Å²) >= 11 is 0. The number of aliphatic carboxylic acids is 2. The third-order valence-electron chi connectivity index (χ3n) is 6.32. The minimum absolute atomic E-state index is 0.0145. The van der Waals surface area contributed by atoms with Gasteiger partial charge in [0.05, 0.1) is 0 Å². The summed E-state index contributed by atoms with van der Waals surface area (Å²) < 4.78 is 0. The Labute approximate surface area is 228 Å². The molecule has 3 rings (SSSR count). The van der Waals surface area contributed by atoms with Gasteiger partial charge in [0, 0.05) is 30.9 Å². The second kappa shape index (κ2) is 12.8. The monoisotopic (exact) mass is 524 g/mol. The fraction of sp³-hybridized carbons (Fsp3) is 0.212. The number of carboxylic acid groups (broad SMARTS) is 2. The van der Waals surface area contributed by atoms with Gasteiger partial charge in [-0.25, -0.2) is 9.59 Å². The molecule has 0 heterocycles. The van der Waals surface area contributed by atoms with E-state index in [0.717, 1.165) is 52.1 Å². The minimum atomic E-state index is -1.16. The van der Waals surface area contributed by atoms with Crippen LogP contribution in [0.1, 0.15) is 60.1 Å². The quantitative estimate of drug-likeness (QED) is 0.247. The Morgan fingerprint density at radius 3 is 1.23 bits per heavy atom. The fourth-order valence-corrected chi connectivity index (χ4v) is 4.26. The molecule has 0 aromatic heterocycles. The number of hydrogen-bond acceptors (Lipinski definition) is 4. The van der Waals surface area contributed by atoms with Gasteiger partial charge < -0.3 is 10.2 Å². The number of benzene rings is 3. The zero-order valence-electron chi connectivity index (χ0n) is 22.3. The van der Waals surface area contributed by atoms with E-state index in [0.29, 0.717) is 0 Å². The number of rotatable bonds is 11. The Morgan fingerprint density at radius 1 is 0.590 bits per heavy atom. The molecule has 6 heteroatoms. The Bertz CT molecular complexity index is 1310. The van der Waals surface area contributed by atoms with Crippen LogP contribution in [-0.4, -0.2) is 33.7 Å². The van der Waals surface area contributed by atoms with Gasteiger partial charge in [-0.2, -0.15) is 0 Å². The normalized spacial score (nSPS) is 11.8. The fourth-order valence-electron chi connectivity index (χ4n) is 4.26. The van der Waals surface area contributed by atoms with E-state index in [9.17, 15) is 19.2 Å². The summed E-state index contributed by atoms with van der Waals surface area (Å²) in [5, 5.41) is 17.5. The van der Waals surface area contributed by atoms with Crippen LogP contribution in [-0.2, 0) is 37.4 Å². The van der Waals surface area contributed by atoms with Gasteiger partial charge in [0.1, 0.15) is 0 Å². The van der Waals surface area contributed by atoms with Gasteiger partial charge in [-0.05, 0) is 50.9 Å². The molecule has 0 bridgehead atoms. The van der Waals surface area contributed by atoms with E-state index < -0.39 is 11.9 Å². The number of carbonyl (C=O) groups is 4. The van der Waals surface area contributed by atoms with Gasteiger partial charge in [-0.3, -0.25) is 9.59 Å². The van der Waals surface area contributed by atoms with E-state index in [1.165, 1.54) is 5.56 Å². The summed E-state index contributed by atoms with van der Waals surface area (Å²) in [7, 11) is 0. The Balaban J connectivity index is 1.91. The first-order valence-electron chi connectivity index (χ1n) is 12.6. The van der Waals surface area contributed by atoms with Crippen molar-refractivity contribution in [2.24, 2.45) is 0 Å². The van der Waals surface area contributed by atoms with Crippen molar-refractivity contribution in [1.29, 1.82) is 0 Å². The third kappa shape index (κ3) is 8.75. The molecule has 0 aliphatic rings. The summed E-state index contributed by atoms with van der Waals surface area (Å²) in [6.45, 7) is 6.49. The van der Waals surface area contributed by atoms with Crippen LogP contribution in [0, 0.1) is 0 Å². The third-order valence-corrected chi connectivity index (χ3v) is 6.32. The summed E-state index contributed by atoms with van der Waals surface area (Å²) in [5.74, 6) is -3.00. The lowest BCUT2D eigenvalue weighted by atomic mass is 9.81. The predicted molar refractivity (Wildman–Crippen MR) is 150 cm³/mol. The van der Waals surface area contributed by atoms with Gasteiger partial charge in [0.25, 0.3) is 0 Å². The zero-order chi connectivity index (χ0) is 28.6. The van der Waals surface area contributed by atoms with Crippen molar-refractivity contribution < 1.29 is 29.4 Å². The summed E-state index contributed by atoms with van der Waals surface area (Å²) in [4.78, 5) is 45.5. The highest BCUT2D eigenvalue weighted by molar-refractivity contribution is 5.97. The largest absolute Gasteiger partial charge is 0.478 e. The van der Waals surface area contributed by atoms with Crippen LogP contribution < -0.4 is 0 Å². The first-order chi connectivity index (χ1) is 18.4. The number of ketones is 2. The number of carboxylic acids is 2. The van der Waals surface area contributed by atoms with Crippen molar-refractivity contribution in [1.82, 2.24) is 0 Å². The summed E-state index contributed by atoms with van der Waals surface area (Å²) in [5.41, 5.74) is 5.92. The first-order valence-corrected chi connectivity index (χ1v) is 12.6. The predicted octanol–water partition coefficient (Wildman–Crippen LogP) is 5.67. The molecule has 0 unspecified atom stereocenters. The van der Waals surface area contributed by atoms with Crippen LogP contribution in [0.2, 0.25) is 0 Å². The molecule has 2 N–H and O–H groups in total. The molecule has 39 heavy (non-hydrogen) atoms. The van der Waals surface area contributed by atoms with E-state index in [-0.39, 0.29) is 35.7 Å². The standard InChI is InChI=1S/C33H32O6/c1-33(2,3)27-14-12-26(13-15-27)32(24-8-4-22(5-9-24)20-28(34)16-18-30(36)37)25-10-6-23(7-11-25)21-29(35)17-19-31(38)39/h4-19,32H,20-21H2,1-3H3,(H,36,37)(H,38,39)/b18-16+,19-17+. The second-order valence-corrected chi connectivity index (χ2v) is 10.4. The van der Waals surface area contributed by atoms with E-state index in [2.05, 4.69) is 45.0 Å². The Morgan fingerprint density at radius 2 is 0.923 bits per heavy atom. The molecule has 0 radical (unpaired) electrons. The molecule has 0 amide bonds. The molecule has 0 aliphatic heterocycles. The SMILES string of the molecule is CC(C)(C)c1ccc(C(c2ccc(CC(=O)/C=C/C(=O)O)cc2)c2ccc(CC(=O)/C=C/C(=O)O)cc2)cc1. The maximum absolute atomic E-state index is 12.1. The molecule has 0 atom stereocenters. The molecule has 6 nitrogen and oxygen atoms in total. The molecule has 0 aliphatic carbocycles. The van der Waals surface area contributed by atoms with Crippen molar-refractivity contribution in [2.45, 2.75) is 44.9 Å². The molecular formula is C33H32O6. The van der Waals surface area contributed by atoms with Gasteiger partial charge in [0.15, 0.2) is 11.6 Å². The molecule has 0 saturated carbocycles. The van der Waals surface area contributed by atoms with Gasteiger partial charge in [-0.1, -0.05) is 93.6 Å². The number of carbonyl (C=O) groups excluding carboxylic acids is 2. The van der Waals surface area contributed by atoms with E-state index in [1.807, 2.05) is 48.5 Å². The molecule has 200 valence electrons. The lowest BCUT2D eigenvalue weighted by Gasteiger charge is -2.23. The molecule has 3 aromatic carbocycles. The summed E-state index contributed by atoms with van der Waals surface area (Å²) in [6, 6.07) is 23.9. The van der Waals surface area contributed by atoms with E-state index in [4.69, 9.17) is 10.2 Å². The van der Waals surface area contributed by atoms with Crippen molar-refractivity contribution in [3.8, 4) is 0 Å². The second-order valence-electron chi connectivity index (χ2n) is 10.4. The lowest BCUT2D eigenvalue weighted by Crippen LogP contribution is -2.11. The maximum atomic E-state index is 12.1. The van der Waals surface area contributed by atoms with Crippen molar-refractivity contribution in [2.75, 3.05) is 0 Å². The molecule has 0 saturated heterocycles. The topological polar surface area (TPSA) is 109 Å². The van der Waals surface area contributed by atoms with Crippen molar-refractivity contribution >= 4 is 23.5 Å². The molecular weight excluding hydrogens is 492 g/mol. The average molecular weight is 525 g/mol. The van der Waals surface area contributed by atoms with Gasteiger partial charge in [-0.15, -0.1) is 0 Å². The maximum Gasteiger partial charge on any atom is 0.328 e. The van der Waals surface area contributed by atoms with Crippen LogP contribution in [0.25, 0.3) is 0 Å². The molecule has 3 aromatic rings. The minimum Gasteiger partial charge on any atom is -0.478 e. The molecule has 0 spiro atoms. The lowest BCUT2D eigenvalue weighted by molar-refractivity contribution is -0.132. The highest BCUT2D eigenvalue weighted by Gasteiger charge is 2.19. The van der Waals surface area contributed by atoms with Gasteiger partial charge >= 0.3 is 11.9 Å². The highest BCUT2D eigenvalue weighted by Crippen LogP contribution is 2.34. The van der Waals surface area contributed by atoms with Crippen molar-refractivity contribution in [3.63, 3.8) is 0 Å². The van der Waals surface area contributed by atoms with Crippen LogP contribution >= 0.6 is 0 Å². The number of allylic oxidation sites excluding steroid dienone is 2. The van der Waals surface area contributed by atoms with Crippen molar-refractivity contribution in [3.05, 3.63) is 130 Å². The number of hydrogen-bond donors (Lipinski definition) is 2. The Kier molecular flexibility index (Phi) is 9.50. The average Bonchev–Trinajstić information content (AvgIpc) is 2.88. The zero-order valence-corrected chi connectivity index (χ0v) is 22.3. The van der Waals surface area contributed by atoms with Crippen LogP contribution in [0.3, 0.4) is 0 Å². The van der Waals surface area contributed by atoms with E-state index in [1.54, 1.807) is 0 Å². The Hall–Kier alpha value is -4.58. The smallest absolute Gasteiger partial charge is 0.328 e. The highest BCUT2D eigenvalue weighted by atomic mass is 16.4. The summed E-state index contributed by atoms with van der Waals surface area (Å²) in [6.07, 6.45) is 4.03. The molecule has 0 fully saturated rings. The van der Waals surface area contributed by atoms with Gasteiger partial charge in [0.2, 0.25) is 0 Å². The van der Waals surface area contributed by atoms with E-state index >= 15 is 0 Å². The van der Waals surface area contributed by atoms with Crippen LogP contribution in [0.5, 0.6) is 0 Å². The van der Waals surface area contributed by atoms with Crippen LogP contribution in [0.4, 0.5) is 0 Å². The first kappa shape index (κ1) is 29.0. The van der Waals surface area contributed by atoms with Crippen LogP contribution in [0.15, 0.2) is 97.1 Å².